The van der Waals surface area contributed by atoms with E-state index >= 15 is 0 Å². The second-order valence-electron chi connectivity index (χ2n) is 3.00. The third kappa shape index (κ3) is 2.90. The minimum absolute atomic E-state index is 0.122. The first-order valence-corrected chi connectivity index (χ1v) is 4.31. The fourth-order valence-electron chi connectivity index (χ4n) is 1.14. The third-order valence-corrected chi connectivity index (χ3v) is 1.87. The number of hydrogen-bond acceptors (Lipinski definition) is 3. The molecule has 1 aromatic carbocycles. The first-order chi connectivity index (χ1) is 7.35. The number of aromatic hydroxyl groups is 1. The lowest BCUT2D eigenvalue weighted by atomic mass is 10.1. The van der Waals surface area contributed by atoms with E-state index in [0.717, 1.165) is 6.07 Å². The van der Waals surface area contributed by atoms with E-state index in [-0.39, 0.29) is 5.56 Å². The Morgan fingerprint density at radius 2 is 2.06 bits per heavy atom. The Kier molecular flexibility index (Phi) is 3.44. The van der Waals surface area contributed by atoms with Gasteiger partial charge in [-0.1, -0.05) is 18.2 Å². The van der Waals surface area contributed by atoms with Gasteiger partial charge in [0, 0.05) is 5.56 Å². The molecule has 0 aromatic heterocycles. The van der Waals surface area contributed by atoms with Crippen LogP contribution in [0.4, 0.5) is 13.2 Å². The summed E-state index contributed by atoms with van der Waals surface area (Å²) in [4.78, 5) is 0. The van der Waals surface area contributed by atoms with Crippen LogP contribution in [0, 0.1) is 0 Å². The smallest absolute Gasteiger partial charge is 0.504 e. The van der Waals surface area contributed by atoms with Gasteiger partial charge < -0.3 is 15.6 Å². The molecule has 0 saturated heterocycles. The summed E-state index contributed by atoms with van der Waals surface area (Å²) >= 11 is 0. The Hall–Kier alpha value is -1.69. The third-order valence-electron chi connectivity index (χ3n) is 1.87. The van der Waals surface area contributed by atoms with Gasteiger partial charge in [0.05, 0.1) is 6.04 Å². The van der Waals surface area contributed by atoms with E-state index in [2.05, 4.69) is 11.3 Å². The molecule has 1 atom stereocenters. The topological polar surface area (TPSA) is 55.5 Å². The molecule has 3 N–H and O–H groups in total. The molecule has 0 saturated carbocycles. The van der Waals surface area contributed by atoms with Gasteiger partial charge in [-0.2, -0.15) is 0 Å². The zero-order valence-electron chi connectivity index (χ0n) is 8.16. The number of phenols is 1. The van der Waals surface area contributed by atoms with Crippen molar-refractivity contribution in [2.24, 2.45) is 5.73 Å². The van der Waals surface area contributed by atoms with Gasteiger partial charge in [-0.15, -0.1) is 19.8 Å². The van der Waals surface area contributed by atoms with Crippen molar-refractivity contribution in [2.75, 3.05) is 0 Å². The Bertz CT molecular complexity index is 390. The van der Waals surface area contributed by atoms with E-state index in [0.29, 0.717) is 0 Å². The zero-order chi connectivity index (χ0) is 12.3. The van der Waals surface area contributed by atoms with Crippen molar-refractivity contribution < 1.29 is 23.0 Å². The molecule has 0 bridgehead atoms. The van der Waals surface area contributed by atoms with Gasteiger partial charge in [-0.05, 0) is 6.07 Å². The van der Waals surface area contributed by atoms with E-state index in [4.69, 9.17) is 5.73 Å². The highest BCUT2D eigenvalue weighted by atomic mass is 19.4. The predicted octanol–water partition coefficient (Wildman–Crippen LogP) is 2.48. The van der Waals surface area contributed by atoms with E-state index < -0.39 is 23.9 Å². The summed E-state index contributed by atoms with van der Waals surface area (Å²) in [6, 6.07) is 2.95. The van der Waals surface area contributed by atoms with Crippen LogP contribution in [0.3, 0.4) is 0 Å². The first-order valence-electron chi connectivity index (χ1n) is 4.31. The molecule has 1 aromatic rings. The Morgan fingerprint density at radius 3 is 2.56 bits per heavy atom. The summed E-state index contributed by atoms with van der Waals surface area (Å²) in [5, 5.41) is 9.50. The predicted molar refractivity (Wildman–Crippen MR) is 51.9 cm³/mol. The molecule has 6 heteroatoms. The molecule has 0 spiro atoms. The van der Waals surface area contributed by atoms with E-state index in [9.17, 15) is 18.3 Å². The highest BCUT2D eigenvalue weighted by Gasteiger charge is 2.32. The fourth-order valence-corrected chi connectivity index (χ4v) is 1.14. The van der Waals surface area contributed by atoms with Gasteiger partial charge in [-0.25, -0.2) is 0 Å². The molecule has 0 radical (unpaired) electrons. The lowest BCUT2D eigenvalue weighted by Crippen LogP contribution is -2.17. The molecule has 1 rings (SSSR count). The molecule has 0 aliphatic rings. The van der Waals surface area contributed by atoms with Gasteiger partial charge in [-0.3, -0.25) is 0 Å². The molecule has 0 aliphatic heterocycles. The lowest BCUT2D eigenvalue weighted by molar-refractivity contribution is -0.275. The number of rotatable bonds is 3. The molecule has 0 amide bonds. The van der Waals surface area contributed by atoms with Crippen molar-refractivity contribution in [2.45, 2.75) is 12.4 Å². The Balaban J connectivity index is 3.09. The second-order valence-corrected chi connectivity index (χ2v) is 3.00. The summed E-state index contributed by atoms with van der Waals surface area (Å²) < 4.78 is 39.5. The van der Waals surface area contributed by atoms with Crippen LogP contribution in [0.2, 0.25) is 0 Å². The highest BCUT2D eigenvalue weighted by molar-refractivity contribution is 5.47. The van der Waals surface area contributed by atoms with Crippen LogP contribution in [-0.2, 0) is 0 Å². The molecule has 0 aliphatic carbocycles. The van der Waals surface area contributed by atoms with Crippen LogP contribution in [0.25, 0.3) is 0 Å². The summed E-state index contributed by atoms with van der Waals surface area (Å²) in [7, 11) is 0. The zero-order valence-corrected chi connectivity index (χ0v) is 8.16. The highest BCUT2D eigenvalue weighted by Crippen LogP contribution is 2.36. The number of nitrogens with two attached hydrogens (primary N) is 1. The van der Waals surface area contributed by atoms with Crippen LogP contribution in [-0.4, -0.2) is 11.5 Å². The average Bonchev–Trinajstić information content (AvgIpc) is 2.18. The minimum Gasteiger partial charge on any atom is -0.504 e. The molecular weight excluding hydrogens is 223 g/mol. The standard InChI is InChI=1S/C10H10F3NO2/c1-2-7(14)6-4-3-5-8(9(6)15)16-10(11,12)13/h2-5,7,15H,1,14H2/t7-/m0/s1. The maximum absolute atomic E-state index is 12.0. The molecular formula is C10H10F3NO2. The summed E-state index contributed by atoms with van der Waals surface area (Å²) in [6.07, 6.45) is -3.55. The average molecular weight is 233 g/mol. The van der Waals surface area contributed by atoms with Gasteiger partial charge in [0.25, 0.3) is 0 Å². The van der Waals surface area contributed by atoms with Crippen LogP contribution >= 0.6 is 0 Å². The second kappa shape index (κ2) is 4.44. The van der Waals surface area contributed by atoms with Crippen LogP contribution in [0.5, 0.6) is 11.5 Å². The number of phenolic OH excluding ortho intramolecular Hbond substituents is 1. The maximum Gasteiger partial charge on any atom is 0.573 e. The fraction of sp³-hybridized carbons (Fsp3) is 0.200. The maximum atomic E-state index is 12.0. The van der Waals surface area contributed by atoms with Crippen molar-refractivity contribution >= 4 is 0 Å². The molecule has 0 fully saturated rings. The quantitative estimate of drug-likeness (QED) is 0.788. The molecule has 3 nitrogen and oxygen atoms in total. The van der Waals surface area contributed by atoms with Crippen LogP contribution in [0.1, 0.15) is 11.6 Å². The van der Waals surface area contributed by atoms with Crippen molar-refractivity contribution in [1.29, 1.82) is 0 Å². The van der Waals surface area contributed by atoms with E-state index in [1.807, 2.05) is 0 Å². The van der Waals surface area contributed by atoms with Gasteiger partial charge >= 0.3 is 6.36 Å². The molecule has 0 unspecified atom stereocenters. The molecule has 0 heterocycles. The largest absolute Gasteiger partial charge is 0.573 e. The van der Waals surface area contributed by atoms with Crippen molar-refractivity contribution in [1.82, 2.24) is 0 Å². The van der Waals surface area contributed by atoms with Crippen LogP contribution < -0.4 is 10.5 Å². The number of para-hydroxylation sites is 1. The summed E-state index contributed by atoms with van der Waals surface area (Å²) in [5.74, 6) is -1.31. The number of benzene rings is 1. The van der Waals surface area contributed by atoms with E-state index in [1.165, 1.54) is 18.2 Å². The molecule has 88 valence electrons. The normalized spacial score (nSPS) is 13.2. The molecule has 16 heavy (non-hydrogen) atoms. The van der Waals surface area contributed by atoms with Gasteiger partial charge in [0.2, 0.25) is 0 Å². The number of alkyl halides is 3. The lowest BCUT2D eigenvalue weighted by Gasteiger charge is -2.14. The van der Waals surface area contributed by atoms with Crippen molar-refractivity contribution in [3.05, 3.63) is 36.4 Å². The monoisotopic (exact) mass is 233 g/mol. The Labute approximate surface area is 89.9 Å². The van der Waals surface area contributed by atoms with Gasteiger partial charge in [0.15, 0.2) is 11.5 Å². The number of hydrogen-bond donors (Lipinski definition) is 2. The van der Waals surface area contributed by atoms with Crippen LogP contribution in [0.15, 0.2) is 30.9 Å². The first kappa shape index (κ1) is 12.4. The number of halogens is 3. The van der Waals surface area contributed by atoms with E-state index in [1.54, 1.807) is 0 Å². The minimum atomic E-state index is -4.85. The Morgan fingerprint density at radius 1 is 1.44 bits per heavy atom. The van der Waals surface area contributed by atoms with Crippen molar-refractivity contribution in [3.8, 4) is 11.5 Å². The number of ether oxygens (including phenoxy) is 1. The summed E-state index contributed by atoms with van der Waals surface area (Å²) in [5.41, 5.74) is 5.63. The van der Waals surface area contributed by atoms with Crippen molar-refractivity contribution in [3.63, 3.8) is 0 Å². The van der Waals surface area contributed by atoms with Gasteiger partial charge in [0.1, 0.15) is 0 Å². The summed E-state index contributed by atoms with van der Waals surface area (Å²) in [6.45, 7) is 3.38. The SMILES string of the molecule is C=C[C@H](N)c1cccc(OC(F)(F)F)c1O.